The van der Waals surface area contributed by atoms with Gasteiger partial charge >= 0.3 is 0 Å². The highest BCUT2D eigenvalue weighted by molar-refractivity contribution is 5.94. The van der Waals surface area contributed by atoms with Gasteiger partial charge in [-0.15, -0.1) is 0 Å². The van der Waals surface area contributed by atoms with Crippen molar-refractivity contribution in [2.45, 2.75) is 44.6 Å². The minimum Gasteiger partial charge on any atom is -0.354 e. The first-order chi connectivity index (χ1) is 13.7. The Morgan fingerprint density at radius 3 is 2.61 bits per heavy atom. The molecular weight excluding hydrogens is 350 g/mol. The van der Waals surface area contributed by atoms with E-state index in [1.807, 2.05) is 12.1 Å². The molecule has 154 valence electrons. The van der Waals surface area contributed by atoms with Crippen LogP contribution in [0.1, 0.15) is 48.9 Å². The molecule has 0 radical (unpaired) electrons. The van der Waals surface area contributed by atoms with Crippen LogP contribution in [0.2, 0.25) is 0 Å². The Labute approximate surface area is 169 Å². The molecule has 1 aromatic rings. The maximum Gasteiger partial charge on any atom is 0.252 e. The summed E-state index contributed by atoms with van der Waals surface area (Å²) in [7, 11) is 2.19. The molecule has 3 heterocycles. The Hall–Kier alpha value is -1.66. The van der Waals surface area contributed by atoms with E-state index in [1.54, 1.807) is 6.20 Å². The molecule has 28 heavy (non-hydrogen) atoms. The second kappa shape index (κ2) is 9.23. The third-order valence-electron chi connectivity index (χ3n) is 6.60. The zero-order valence-electron chi connectivity index (χ0n) is 17.3. The summed E-state index contributed by atoms with van der Waals surface area (Å²) in [6.45, 7) is 7.49. The monoisotopic (exact) mass is 385 g/mol. The zero-order valence-corrected chi connectivity index (χ0v) is 17.3. The topological polar surface area (TPSA) is 51.7 Å². The lowest BCUT2D eigenvalue weighted by molar-refractivity contribution is 0.0945. The normalized spacial score (nSPS) is 24.3. The fraction of sp³-hybridized carbons (Fsp3) is 0.727. The van der Waals surface area contributed by atoms with Gasteiger partial charge in [-0.25, -0.2) is 4.98 Å². The van der Waals surface area contributed by atoms with E-state index in [4.69, 9.17) is 0 Å². The Morgan fingerprint density at radius 1 is 1.11 bits per heavy atom. The molecule has 0 aromatic carbocycles. The number of likely N-dealkylation sites (tertiary alicyclic amines) is 1. The first-order valence-corrected chi connectivity index (χ1v) is 11.1. The predicted molar refractivity (Wildman–Crippen MR) is 113 cm³/mol. The number of nitrogens with zero attached hydrogens (tertiary/aromatic N) is 4. The van der Waals surface area contributed by atoms with Gasteiger partial charge in [0.1, 0.15) is 5.82 Å². The highest BCUT2D eigenvalue weighted by Crippen LogP contribution is 2.30. The van der Waals surface area contributed by atoms with Gasteiger partial charge in [0.2, 0.25) is 0 Å². The van der Waals surface area contributed by atoms with E-state index in [2.05, 4.69) is 32.0 Å². The van der Waals surface area contributed by atoms with Crippen molar-refractivity contribution in [1.82, 2.24) is 20.1 Å². The molecule has 1 aromatic heterocycles. The first kappa shape index (κ1) is 19.6. The number of anilines is 1. The lowest BCUT2D eigenvalue weighted by Crippen LogP contribution is -2.47. The van der Waals surface area contributed by atoms with Crippen LogP contribution < -0.4 is 10.2 Å². The van der Waals surface area contributed by atoms with Gasteiger partial charge in [0.05, 0.1) is 5.56 Å². The number of hydrogen-bond acceptors (Lipinski definition) is 5. The van der Waals surface area contributed by atoms with E-state index >= 15 is 0 Å². The molecule has 4 rings (SSSR count). The first-order valence-electron chi connectivity index (χ1n) is 11.1. The number of carbonyl (C=O) groups is 1. The summed E-state index contributed by atoms with van der Waals surface area (Å²) in [5, 5.41) is 3.07. The van der Waals surface area contributed by atoms with Gasteiger partial charge in [-0.2, -0.15) is 0 Å². The van der Waals surface area contributed by atoms with Gasteiger partial charge in [-0.05, 0) is 63.7 Å². The van der Waals surface area contributed by atoms with Crippen LogP contribution in [0, 0.1) is 5.92 Å². The molecule has 6 nitrogen and oxygen atoms in total. The highest BCUT2D eigenvalue weighted by atomic mass is 16.1. The van der Waals surface area contributed by atoms with Crippen molar-refractivity contribution in [3.8, 4) is 0 Å². The standard InChI is InChI=1S/C22H35N5O/c1-25-11-3-2-4-20(25)9-10-23-22(28)19-7-8-21(24-16-19)27-14-12-26(13-15-27)17-18-5-6-18/h7-8,16,18,20H,2-6,9-15,17H2,1H3,(H,23,28)/t20-/m0/s1. The van der Waals surface area contributed by atoms with Crippen molar-refractivity contribution in [1.29, 1.82) is 0 Å². The van der Waals surface area contributed by atoms with Crippen LogP contribution in [-0.2, 0) is 0 Å². The highest BCUT2D eigenvalue weighted by Gasteiger charge is 2.26. The minimum absolute atomic E-state index is 0.00762. The second-order valence-electron chi connectivity index (χ2n) is 8.81. The van der Waals surface area contributed by atoms with E-state index in [9.17, 15) is 4.79 Å². The Morgan fingerprint density at radius 2 is 1.93 bits per heavy atom. The summed E-state index contributed by atoms with van der Waals surface area (Å²) >= 11 is 0. The molecule has 6 heteroatoms. The summed E-state index contributed by atoms with van der Waals surface area (Å²) in [5.41, 5.74) is 0.660. The third kappa shape index (κ3) is 5.23. The maximum absolute atomic E-state index is 12.4. The molecule has 3 aliphatic rings. The summed E-state index contributed by atoms with van der Waals surface area (Å²) < 4.78 is 0. The van der Waals surface area contributed by atoms with Crippen LogP contribution >= 0.6 is 0 Å². The Kier molecular flexibility index (Phi) is 6.47. The van der Waals surface area contributed by atoms with Crippen LogP contribution in [0.15, 0.2) is 18.3 Å². The maximum atomic E-state index is 12.4. The SMILES string of the molecule is CN1CCCC[C@H]1CCNC(=O)c1ccc(N2CCN(CC3CC3)CC2)nc1. The number of piperidine rings is 1. The number of pyridine rings is 1. The van der Waals surface area contributed by atoms with Gasteiger partial charge in [0.15, 0.2) is 0 Å². The molecule has 1 aliphatic carbocycles. The van der Waals surface area contributed by atoms with Gasteiger partial charge in [0, 0.05) is 51.5 Å². The van der Waals surface area contributed by atoms with E-state index in [-0.39, 0.29) is 5.91 Å². The van der Waals surface area contributed by atoms with Crippen molar-refractivity contribution in [3.05, 3.63) is 23.9 Å². The number of piperazine rings is 1. The molecule has 3 fully saturated rings. The summed E-state index contributed by atoms with van der Waals surface area (Å²) in [5.74, 6) is 1.94. The molecule has 2 saturated heterocycles. The number of rotatable bonds is 7. The van der Waals surface area contributed by atoms with Crippen LogP contribution in [0.25, 0.3) is 0 Å². The smallest absolute Gasteiger partial charge is 0.252 e. The van der Waals surface area contributed by atoms with Gasteiger partial charge in [-0.3, -0.25) is 9.69 Å². The molecule has 1 atom stereocenters. The summed E-state index contributed by atoms with van der Waals surface area (Å²) in [6, 6.07) is 4.52. The largest absolute Gasteiger partial charge is 0.354 e. The van der Waals surface area contributed by atoms with E-state index in [0.717, 1.165) is 50.9 Å². The van der Waals surface area contributed by atoms with Gasteiger partial charge in [0.25, 0.3) is 5.91 Å². The second-order valence-corrected chi connectivity index (χ2v) is 8.81. The van der Waals surface area contributed by atoms with E-state index in [1.165, 1.54) is 45.2 Å². The van der Waals surface area contributed by atoms with Crippen molar-refractivity contribution in [2.24, 2.45) is 5.92 Å². The zero-order chi connectivity index (χ0) is 19.3. The Bertz CT molecular complexity index is 637. The molecule has 1 saturated carbocycles. The molecule has 2 aliphatic heterocycles. The number of nitrogens with one attached hydrogen (secondary N) is 1. The number of carbonyl (C=O) groups excluding carboxylic acids is 1. The molecule has 1 N–H and O–H groups in total. The number of amides is 1. The van der Waals surface area contributed by atoms with Crippen molar-refractivity contribution in [3.63, 3.8) is 0 Å². The van der Waals surface area contributed by atoms with E-state index in [0.29, 0.717) is 11.6 Å². The average molecular weight is 386 g/mol. The number of hydrogen-bond donors (Lipinski definition) is 1. The molecular formula is C22H35N5O. The van der Waals surface area contributed by atoms with Crippen LogP contribution in [0.5, 0.6) is 0 Å². The van der Waals surface area contributed by atoms with Crippen molar-refractivity contribution in [2.75, 3.05) is 57.8 Å². The molecule has 0 unspecified atom stereocenters. The van der Waals surface area contributed by atoms with Gasteiger partial charge in [-0.1, -0.05) is 6.42 Å². The van der Waals surface area contributed by atoms with Crippen LogP contribution in [-0.4, -0.2) is 79.6 Å². The fourth-order valence-corrected chi connectivity index (χ4v) is 4.50. The van der Waals surface area contributed by atoms with Gasteiger partial charge < -0.3 is 15.1 Å². The summed E-state index contributed by atoms with van der Waals surface area (Å²) in [6.07, 6.45) is 9.45. The third-order valence-corrected chi connectivity index (χ3v) is 6.60. The van der Waals surface area contributed by atoms with Crippen molar-refractivity contribution < 1.29 is 4.79 Å². The minimum atomic E-state index is -0.00762. The fourth-order valence-electron chi connectivity index (χ4n) is 4.50. The van der Waals surface area contributed by atoms with Crippen LogP contribution in [0.3, 0.4) is 0 Å². The molecule has 0 bridgehead atoms. The van der Waals surface area contributed by atoms with Crippen LogP contribution in [0.4, 0.5) is 5.82 Å². The summed E-state index contributed by atoms with van der Waals surface area (Å²) in [4.78, 5) is 24.3. The molecule has 1 amide bonds. The molecule has 0 spiro atoms. The van der Waals surface area contributed by atoms with Crippen molar-refractivity contribution >= 4 is 11.7 Å². The lowest BCUT2D eigenvalue weighted by atomic mass is 10.0. The predicted octanol–water partition coefficient (Wildman–Crippen LogP) is 2.22. The Balaban J connectivity index is 1.21. The van der Waals surface area contributed by atoms with E-state index < -0.39 is 0 Å². The lowest BCUT2D eigenvalue weighted by Gasteiger charge is -2.35. The average Bonchev–Trinajstić information content (AvgIpc) is 3.54. The number of aromatic nitrogens is 1. The quantitative estimate of drug-likeness (QED) is 0.780.